The van der Waals surface area contributed by atoms with Crippen LogP contribution in [0.4, 0.5) is 0 Å². The van der Waals surface area contributed by atoms with E-state index in [0.29, 0.717) is 5.95 Å². The molecule has 0 fully saturated rings. The molecule has 0 atom stereocenters. The first-order chi connectivity index (χ1) is 25.3. The highest BCUT2D eigenvalue weighted by molar-refractivity contribution is 7.26. The first-order valence-corrected chi connectivity index (χ1v) is 17.8. The lowest BCUT2D eigenvalue weighted by Crippen LogP contribution is -2.03. The Labute approximate surface area is 296 Å². The number of aromatic nitrogens is 5. The third-order valence-electron chi connectivity index (χ3n) is 10.0. The van der Waals surface area contributed by atoms with E-state index in [2.05, 4.69) is 154 Å². The van der Waals surface area contributed by atoms with E-state index in [4.69, 9.17) is 9.97 Å². The zero-order chi connectivity index (χ0) is 33.5. The standard InChI is InChI=1S/C45H27N5S/c1-3-12-28(13-4-1)41-36-26-29(30-14-11-25-46-27-30)21-24-37(36)47-45(48-41)50-38-19-9-7-17-32(38)33-22-23-35-40-34-18-8-10-20-39(34)49(31-15-5-2-6-16-31)44(40)51-43(35)42(33)50/h1-27H. The maximum absolute atomic E-state index is 5.45. The molecule has 5 heterocycles. The van der Waals surface area contributed by atoms with Gasteiger partial charge in [0.25, 0.3) is 0 Å². The highest BCUT2D eigenvalue weighted by Crippen LogP contribution is 2.47. The van der Waals surface area contributed by atoms with Crippen LogP contribution >= 0.6 is 11.3 Å². The summed E-state index contributed by atoms with van der Waals surface area (Å²) in [4.78, 5) is 16.4. The Balaban J connectivity index is 1.26. The molecule has 11 aromatic rings. The van der Waals surface area contributed by atoms with E-state index in [-0.39, 0.29) is 0 Å². The maximum atomic E-state index is 5.45. The average molecular weight is 670 g/mol. The fourth-order valence-corrected chi connectivity index (χ4v) is 9.17. The van der Waals surface area contributed by atoms with Gasteiger partial charge in [0.15, 0.2) is 0 Å². The van der Waals surface area contributed by atoms with Crippen LogP contribution in [0.2, 0.25) is 0 Å². The lowest BCUT2D eigenvalue weighted by molar-refractivity contribution is 1.02. The van der Waals surface area contributed by atoms with E-state index in [0.717, 1.165) is 50.0 Å². The molecular weight excluding hydrogens is 643 g/mol. The van der Waals surface area contributed by atoms with Crippen LogP contribution in [-0.2, 0) is 0 Å². The summed E-state index contributed by atoms with van der Waals surface area (Å²) in [5.41, 5.74) is 9.56. The molecule has 51 heavy (non-hydrogen) atoms. The molecule has 0 spiro atoms. The molecule has 0 radical (unpaired) electrons. The number of nitrogens with zero attached hydrogens (tertiary/aromatic N) is 5. The summed E-state index contributed by atoms with van der Waals surface area (Å²) >= 11 is 1.85. The Hall–Kier alpha value is -6.63. The van der Waals surface area contributed by atoms with Crippen LogP contribution in [0.25, 0.3) is 97.9 Å². The molecule has 5 aromatic heterocycles. The summed E-state index contributed by atoms with van der Waals surface area (Å²) in [5.74, 6) is 0.656. The van der Waals surface area contributed by atoms with E-state index in [1.165, 1.54) is 42.0 Å². The van der Waals surface area contributed by atoms with Gasteiger partial charge in [0, 0.05) is 61.5 Å². The lowest BCUT2D eigenvalue weighted by Gasteiger charge is -2.13. The molecule has 5 nitrogen and oxygen atoms in total. The van der Waals surface area contributed by atoms with Crippen molar-refractivity contribution in [2.24, 2.45) is 0 Å². The Morgan fingerprint density at radius 2 is 1.20 bits per heavy atom. The van der Waals surface area contributed by atoms with E-state index in [1.807, 2.05) is 29.7 Å². The summed E-state index contributed by atoms with van der Waals surface area (Å²) in [6.07, 6.45) is 3.70. The van der Waals surface area contributed by atoms with Crippen LogP contribution in [0, 0.1) is 0 Å². The molecule has 0 amide bonds. The molecule has 0 aliphatic rings. The van der Waals surface area contributed by atoms with Gasteiger partial charge in [-0.05, 0) is 48.0 Å². The van der Waals surface area contributed by atoms with Crippen molar-refractivity contribution in [3.63, 3.8) is 0 Å². The van der Waals surface area contributed by atoms with E-state index >= 15 is 0 Å². The monoisotopic (exact) mass is 669 g/mol. The van der Waals surface area contributed by atoms with Crippen molar-refractivity contribution in [1.82, 2.24) is 24.1 Å². The summed E-state index contributed by atoms with van der Waals surface area (Å²) < 4.78 is 5.92. The summed E-state index contributed by atoms with van der Waals surface area (Å²) in [6.45, 7) is 0. The number of para-hydroxylation sites is 3. The number of fused-ring (bicyclic) bond motifs is 10. The highest BCUT2D eigenvalue weighted by Gasteiger charge is 2.24. The van der Waals surface area contributed by atoms with Crippen molar-refractivity contribution in [2.75, 3.05) is 0 Å². The molecule has 0 aliphatic carbocycles. The second-order valence-electron chi connectivity index (χ2n) is 12.9. The predicted molar refractivity (Wildman–Crippen MR) is 212 cm³/mol. The largest absolute Gasteiger partial charge is 0.301 e. The number of hydrogen-bond donors (Lipinski definition) is 0. The van der Waals surface area contributed by atoms with Gasteiger partial charge in [0.2, 0.25) is 5.95 Å². The Morgan fingerprint density at radius 3 is 2.00 bits per heavy atom. The maximum Gasteiger partial charge on any atom is 0.235 e. The fraction of sp³-hybridized carbons (Fsp3) is 0. The smallest absolute Gasteiger partial charge is 0.235 e. The van der Waals surface area contributed by atoms with Crippen molar-refractivity contribution < 1.29 is 0 Å². The third-order valence-corrected chi connectivity index (χ3v) is 11.2. The van der Waals surface area contributed by atoms with Gasteiger partial charge in [-0.3, -0.25) is 9.55 Å². The fourth-order valence-electron chi connectivity index (χ4n) is 7.78. The van der Waals surface area contributed by atoms with Crippen LogP contribution in [-0.4, -0.2) is 24.1 Å². The molecule has 6 heteroatoms. The molecule has 6 aromatic carbocycles. The first kappa shape index (κ1) is 28.2. The van der Waals surface area contributed by atoms with Gasteiger partial charge < -0.3 is 4.57 Å². The SMILES string of the molecule is c1ccc(-c2nc(-n3c4ccccc4c4ccc5c(sc6c5c5ccccc5n6-c5ccccc5)c43)nc3ccc(-c4cccnc4)cc23)cc1. The zero-order valence-corrected chi connectivity index (χ0v) is 28.0. The van der Waals surface area contributed by atoms with Crippen LogP contribution in [0.1, 0.15) is 0 Å². The minimum absolute atomic E-state index is 0.656. The van der Waals surface area contributed by atoms with Crippen LogP contribution in [0.15, 0.2) is 164 Å². The van der Waals surface area contributed by atoms with Crippen molar-refractivity contribution in [3.05, 3.63) is 164 Å². The number of pyridine rings is 1. The number of thiophene rings is 1. The molecule has 0 unspecified atom stereocenters. The zero-order valence-electron chi connectivity index (χ0n) is 27.2. The van der Waals surface area contributed by atoms with Crippen molar-refractivity contribution in [3.8, 4) is 34.0 Å². The van der Waals surface area contributed by atoms with Crippen LogP contribution in [0.3, 0.4) is 0 Å². The molecule has 0 bridgehead atoms. The van der Waals surface area contributed by atoms with Crippen LogP contribution in [0.5, 0.6) is 0 Å². The Bertz CT molecular complexity index is 3120. The average Bonchev–Trinajstić information content (AvgIpc) is 3.85. The first-order valence-electron chi connectivity index (χ1n) is 17.0. The van der Waals surface area contributed by atoms with E-state index in [1.54, 1.807) is 6.20 Å². The van der Waals surface area contributed by atoms with Gasteiger partial charge >= 0.3 is 0 Å². The second kappa shape index (κ2) is 10.9. The topological polar surface area (TPSA) is 48.5 Å². The predicted octanol–water partition coefficient (Wildman–Crippen LogP) is 11.8. The second-order valence-corrected chi connectivity index (χ2v) is 13.9. The molecule has 0 saturated carbocycles. The quantitative estimate of drug-likeness (QED) is 0.187. The Morgan fingerprint density at radius 1 is 0.490 bits per heavy atom. The lowest BCUT2D eigenvalue weighted by atomic mass is 10.0. The number of rotatable bonds is 4. The van der Waals surface area contributed by atoms with Crippen molar-refractivity contribution in [2.45, 2.75) is 0 Å². The highest BCUT2D eigenvalue weighted by atomic mass is 32.1. The van der Waals surface area contributed by atoms with Crippen LogP contribution < -0.4 is 0 Å². The summed E-state index contributed by atoms with van der Waals surface area (Å²) in [7, 11) is 0. The Kier molecular flexibility index (Phi) is 6.05. The van der Waals surface area contributed by atoms with Gasteiger partial charge in [0.05, 0.1) is 32.5 Å². The number of hydrogen-bond acceptors (Lipinski definition) is 4. The third kappa shape index (κ3) is 4.17. The van der Waals surface area contributed by atoms with Gasteiger partial charge in [-0.25, -0.2) is 9.97 Å². The van der Waals surface area contributed by atoms with Gasteiger partial charge in [-0.2, -0.15) is 0 Å². The van der Waals surface area contributed by atoms with Gasteiger partial charge in [-0.15, -0.1) is 11.3 Å². The minimum Gasteiger partial charge on any atom is -0.301 e. The van der Waals surface area contributed by atoms with E-state index in [9.17, 15) is 0 Å². The summed E-state index contributed by atoms with van der Waals surface area (Å²) in [5, 5.41) is 7.14. The molecule has 0 aliphatic heterocycles. The van der Waals surface area contributed by atoms with Gasteiger partial charge in [0.1, 0.15) is 4.83 Å². The van der Waals surface area contributed by atoms with Crippen molar-refractivity contribution >= 4 is 75.3 Å². The molecular formula is C45H27N5S. The summed E-state index contributed by atoms with van der Waals surface area (Å²) in [6, 6.07) is 53.6. The molecule has 238 valence electrons. The molecule has 0 saturated heterocycles. The molecule has 0 N–H and O–H groups in total. The van der Waals surface area contributed by atoms with E-state index < -0.39 is 0 Å². The molecule has 11 rings (SSSR count). The minimum atomic E-state index is 0.656. The normalized spacial score (nSPS) is 11.9. The van der Waals surface area contributed by atoms with Gasteiger partial charge in [-0.1, -0.05) is 109 Å². The van der Waals surface area contributed by atoms with Crippen molar-refractivity contribution in [1.29, 1.82) is 0 Å². The number of benzene rings is 6.